The van der Waals surface area contributed by atoms with Gasteiger partial charge in [0, 0.05) is 19.6 Å². The van der Waals surface area contributed by atoms with E-state index in [1.807, 2.05) is 0 Å². The van der Waals surface area contributed by atoms with Crippen LogP contribution in [-0.4, -0.2) is 38.5 Å². The summed E-state index contributed by atoms with van der Waals surface area (Å²) in [5.41, 5.74) is 0. The van der Waals surface area contributed by atoms with Gasteiger partial charge in [-0.15, -0.1) is 0 Å². The lowest BCUT2D eigenvalue weighted by molar-refractivity contribution is -0.150. The molecule has 0 aromatic carbocycles. The Balaban J connectivity index is 1.88. The van der Waals surface area contributed by atoms with Gasteiger partial charge >= 0.3 is 5.97 Å². The van der Waals surface area contributed by atoms with E-state index in [4.69, 9.17) is 14.2 Å². The van der Waals surface area contributed by atoms with Gasteiger partial charge in [0.15, 0.2) is 0 Å². The van der Waals surface area contributed by atoms with Gasteiger partial charge in [0.2, 0.25) is 0 Å². The van der Waals surface area contributed by atoms with Crippen molar-refractivity contribution in [1.29, 1.82) is 0 Å². The molecule has 1 unspecified atom stereocenters. The van der Waals surface area contributed by atoms with E-state index in [-0.39, 0.29) is 12.1 Å². The van der Waals surface area contributed by atoms with Crippen LogP contribution in [0.2, 0.25) is 0 Å². The predicted octanol–water partition coefficient (Wildman–Crippen LogP) is 4.89. The molecule has 1 aliphatic rings. The standard InChI is InChI=1S/C20H38O4/c1-3-5-10-18(4-2)17-23-16-15-22-14-9-13-20(21)24-19-11-7-6-8-12-19/h18-19H,3-17H2,1-2H3. The van der Waals surface area contributed by atoms with Crippen molar-refractivity contribution in [1.82, 2.24) is 0 Å². The summed E-state index contributed by atoms with van der Waals surface area (Å²) in [6.45, 7) is 7.17. The van der Waals surface area contributed by atoms with E-state index in [2.05, 4.69) is 13.8 Å². The van der Waals surface area contributed by atoms with E-state index in [1.165, 1.54) is 44.9 Å². The molecule has 0 N–H and O–H groups in total. The number of hydrogen-bond acceptors (Lipinski definition) is 4. The number of hydrogen-bond donors (Lipinski definition) is 0. The van der Waals surface area contributed by atoms with Gasteiger partial charge in [0.1, 0.15) is 6.10 Å². The lowest BCUT2D eigenvalue weighted by atomic mass is 9.98. The van der Waals surface area contributed by atoms with Crippen molar-refractivity contribution in [3.63, 3.8) is 0 Å². The van der Waals surface area contributed by atoms with Gasteiger partial charge in [-0.05, 0) is 44.4 Å². The molecule has 1 fully saturated rings. The average Bonchev–Trinajstić information content (AvgIpc) is 2.60. The largest absolute Gasteiger partial charge is 0.462 e. The number of ether oxygens (including phenoxy) is 3. The van der Waals surface area contributed by atoms with Gasteiger partial charge < -0.3 is 14.2 Å². The Bertz CT molecular complexity index is 300. The van der Waals surface area contributed by atoms with Crippen LogP contribution in [0.4, 0.5) is 0 Å². The SMILES string of the molecule is CCCCC(CC)COCCOCCCC(=O)OC1CCCCC1. The summed E-state index contributed by atoms with van der Waals surface area (Å²) >= 11 is 0. The van der Waals surface area contributed by atoms with Crippen LogP contribution in [-0.2, 0) is 19.0 Å². The predicted molar refractivity (Wildman–Crippen MR) is 97.1 cm³/mol. The normalized spacial score (nSPS) is 16.9. The second-order valence-corrected chi connectivity index (χ2v) is 6.96. The Hall–Kier alpha value is -0.610. The second-order valence-electron chi connectivity index (χ2n) is 6.96. The number of carbonyl (C=O) groups is 1. The summed E-state index contributed by atoms with van der Waals surface area (Å²) in [6.07, 6.45) is 12.1. The maximum Gasteiger partial charge on any atom is 0.306 e. The van der Waals surface area contributed by atoms with Crippen LogP contribution in [0.5, 0.6) is 0 Å². The summed E-state index contributed by atoms with van der Waals surface area (Å²) in [5.74, 6) is 0.614. The molecule has 0 aliphatic heterocycles. The lowest BCUT2D eigenvalue weighted by Crippen LogP contribution is -2.21. The molecule has 1 aliphatic carbocycles. The van der Waals surface area contributed by atoms with Crippen molar-refractivity contribution in [3.05, 3.63) is 0 Å². The van der Waals surface area contributed by atoms with Gasteiger partial charge in [0.25, 0.3) is 0 Å². The van der Waals surface area contributed by atoms with Gasteiger partial charge in [0.05, 0.1) is 13.2 Å². The van der Waals surface area contributed by atoms with Crippen molar-refractivity contribution in [3.8, 4) is 0 Å². The maximum atomic E-state index is 11.7. The summed E-state index contributed by atoms with van der Waals surface area (Å²) in [6, 6.07) is 0. The minimum atomic E-state index is -0.0662. The van der Waals surface area contributed by atoms with Crippen LogP contribution >= 0.6 is 0 Å². The molecule has 24 heavy (non-hydrogen) atoms. The van der Waals surface area contributed by atoms with Gasteiger partial charge in [-0.1, -0.05) is 39.5 Å². The highest BCUT2D eigenvalue weighted by atomic mass is 16.5. The van der Waals surface area contributed by atoms with E-state index in [9.17, 15) is 4.79 Å². The number of carbonyl (C=O) groups excluding carboxylic acids is 1. The van der Waals surface area contributed by atoms with E-state index in [0.29, 0.717) is 32.2 Å². The molecule has 0 heterocycles. The van der Waals surface area contributed by atoms with Crippen molar-refractivity contribution < 1.29 is 19.0 Å². The molecule has 4 heteroatoms. The summed E-state index contributed by atoms with van der Waals surface area (Å²) in [5, 5.41) is 0. The van der Waals surface area contributed by atoms with Crippen LogP contribution in [0.1, 0.15) is 84.5 Å². The summed E-state index contributed by atoms with van der Waals surface area (Å²) in [7, 11) is 0. The second kappa shape index (κ2) is 14.7. The molecule has 1 saturated carbocycles. The minimum absolute atomic E-state index is 0.0662. The molecule has 0 aromatic rings. The lowest BCUT2D eigenvalue weighted by Gasteiger charge is -2.21. The quantitative estimate of drug-likeness (QED) is 0.333. The highest BCUT2D eigenvalue weighted by Crippen LogP contribution is 2.20. The zero-order valence-corrected chi connectivity index (χ0v) is 15.9. The van der Waals surface area contributed by atoms with Crippen molar-refractivity contribution in [2.75, 3.05) is 26.4 Å². The molecule has 142 valence electrons. The zero-order valence-electron chi connectivity index (χ0n) is 15.9. The molecular formula is C20H38O4. The van der Waals surface area contributed by atoms with Crippen molar-refractivity contribution >= 4 is 5.97 Å². The van der Waals surface area contributed by atoms with Crippen LogP contribution in [0, 0.1) is 5.92 Å². The van der Waals surface area contributed by atoms with Crippen LogP contribution in [0.15, 0.2) is 0 Å². The van der Waals surface area contributed by atoms with Gasteiger partial charge in [-0.25, -0.2) is 0 Å². The van der Waals surface area contributed by atoms with E-state index in [1.54, 1.807) is 0 Å². The maximum absolute atomic E-state index is 11.7. The highest BCUT2D eigenvalue weighted by molar-refractivity contribution is 5.69. The molecule has 4 nitrogen and oxygen atoms in total. The molecule has 0 aromatic heterocycles. The fourth-order valence-corrected chi connectivity index (χ4v) is 3.11. The third kappa shape index (κ3) is 11.0. The fraction of sp³-hybridized carbons (Fsp3) is 0.950. The molecular weight excluding hydrogens is 304 g/mol. The minimum Gasteiger partial charge on any atom is -0.462 e. The molecule has 1 atom stereocenters. The Kier molecular flexibility index (Phi) is 13.1. The summed E-state index contributed by atoms with van der Waals surface area (Å²) in [4.78, 5) is 11.7. The number of rotatable bonds is 14. The number of esters is 1. The molecule has 0 amide bonds. The highest BCUT2D eigenvalue weighted by Gasteiger charge is 2.17. The molecule has 0 saturated heterocycles. The molecule has 0 radical (unpaired) electrons. The monoisotopic (exact) mass is 342 g/mol. The summed E-state index contributed by atoms with van der Waals surface area (Å²) < 4.78 is 16.7. The first-order valence-electron chi connectivity index (χ1n) is 10.1. The molecule has 0 bridgehead atoms. The average molecular weight is 343 g/mol. The molecule has 1 rings (SSSR count). The Morgan fingerprint density at radius 3 is 2.46 bits per heavy atom. The molecule has 0 spiro atoms. The first kappa shape index (κ1) is 21.4. The number of unbranched alkanes of at least 4 members (excludes halogenated alkanes) is 1. The van der Waals surface area contributed by atoms with E-state index in [0.717, 1.165) is 25.9 Å². The zero-order chi connectivity index (χ0) is 17.5. The Morgan fingerprint density at radius 1 is 1.00 bits per heavy atom. The van der Waals surface area contributed by atoms with E-state index < -0.39 is 0 Å². The van der Waals surface area contributed by atoms with Crippen molar-refractivity contribution in [2.24, 2.45) is 5.92 Å². The smallest absolute Gasteiger partial charge is 0.306 e. The Morgan fingerprint density at radius 2 is 1.75 bits per heavy atom. The third-order valence-electron chi connectivity index (χ3n) is 4.79. The van der Waals surface area contributed by atoms with Crippen LogP contribution < -0.4 is 0 Å². The van der Waals surface area contributed by atoms with Crippen molar-refractivity contribution in [2.45, 2.75) is 90.6 Å². The third-order valence-corrected chi connectivity index (χ3v) is 4.79. The Labute approximate surface area is 148 Å². The van der Waals surface area contributed by atoms with E-state index >= 15 is 0 Å². The fourth-order valence-electron chi connectivity index (χ4n) is 3.11. The topological polar surface area (TPSA) is 44.8 Å². The van der Waals surface area contributed by atoms with Crippen LogP contribution in [0.25, 0.3) is 0 Å². The van der Waals surface area contributed by atoms with Crippen LogP contribution in [0.3, 0.4) is 0 Å². The van der Waals surface area contributed by atoms with Gasteiger partial charge in [-0.2, -0.15) is 0 Å². The first-order chi connectivity index (χ1) is 11.8. The van der Waals surface area contributed by atoms with Gasteiger partial charge in [-0.3, -0.25) is 4.79 Å². The first-order valence-corrected chi connectivity index (χ1v) is 10.1.